The number of nitrogens with zero attached hydrogens (tertiary/aromatic N) is 6. The van der Waals surface area contributed by atoms with E-state index >= 15 is 0 Å². The molecule has 4 rings (SSSR count). The Hall–Kier alpha value is -3.66. The second-order valence-corrected chi connectivity index (χ2v) is 13.0. The van der Waals surface area contributed by atoms with Gasteiger partial charge in [0.25, 0.3) is 0 Å². The third-order valence-electron chi connectivity index (χ3n) is 6.80. The van der Waals surface area contributed by atoms with Gasteiger partial charge >= 0.3 is 6.03 Å². The van der Waals surface area contributed by atoms with Crippen LogP contribution in [0.15, 0.2) is 22.6 Å². The number of allylic oxidation sites excluding steroid dienone is 1. The van der Waals surface area contributed by atoms with Gasteiger partial charge in [0.05, 0.1) is 18.3 Å². The number of β-lactam (4-membered cyclic amide) rings is 1. The summed E-state index contributed by atoms with van der Waals surface area (Å²) >= 11 is 2.59. The number of hydrogen-bond donors (Lipinski definition) is 4. The lowest BCUT2D eigenvalue weighted by atomic mass is 9.89. The Bertz CT molecular complexity index is 1430. The van der Waals surface area contributed by atoms with Gasteiger partial charge in [-0.05, 0) is 34.1 Å². The van der Waals surface area contributed by atoms with Gasteiger partial charge in [0.15, 0.2) is 34.7 Å². The second-order valence-electron chi connectivity index (χ2n) is 11.1. The number of oxime groups is 1. The van der Waals surface area contributed by atoms with Gasteiger partial charge in [-0.2, -0.15) is 9.36 Å². The zero-order valence-electron chi connectivity index (χ0n) is 26.0. The Morgan fingerprint density at radius 2 is 2.05 bits per heavy atom. The molecule has 14 nitrogen and oxygen atoms in total. The van der Waals surface area contributed by atoms with Crippen LogP contribution >= 0.6 is 23.3 Å². The van der Waals surface area contributed by atoms with Crippen molar-refractivity contribution in [3.05, 3.63) is 30.7 Å². The summed E-state index contributed by atoms with van der Waals surface area (Å²) in [5.74, 6) is 0.568. The van der Waals surface area contributed by atoms with Crippen LogP contribution in [0.25, 0.3) is 0 Å². The first-order valence-corrected chi connectivity index (χ1v) is 15.5. The number of nitrogens with one attached hydrogen (secondary N) is 3. The summed E-state index contributed by atoms with van der Waals surface area (Å²) in [5, 5.41) is 13.0. The topological polar surface area (TPSA) is 173 Å². The zero-order valence-corrected chi connectivity index (χ0v) is 27.6. The molecule has 0 unspecified atom stereocenters. The number of thioether (sulfide) groups is 1. The zero-order chi connectivity index (χ0) is 30.8. The molecule has 2 aromatic heterocycles. The van der Waals surface area contributed by atoms with E-state index < -0.39 is 11.5 Å². The monoisotopic (exact) mass is 634 g/mol. The van der Waals surface area contributed by atoms with Crippen LogP contribution in [-0.2, 0) is 28.0 Å². The predicted octanol–water partition coefficient (Wildman–Crippen LogP) is 2.75. The first-order valence-electron chi connectivity index (χ1n) is 13.7. The highest BCUT2D eigenvalue weighted by atomic mass is 32.2. The minimum absolute atomic E-state index is 0. The predicted molar refractivity (Wildman–Crippen MR) is 169 cm³/mol. The molecule has 236 valence electrons. The normalized spacial score (nSPS) is 18.4. The van der Waals surface area contributed by atoms with Crippen LogP contribution in [0.1, 0.15) is 53.3 Å². The molecular weight excluding hydrogens is 592 g/mol. The van der Waals surface area contributed by atoms with Crippen molar-refractivity contribution in [1.29, 1.82) is 0 Å². The van der Waals surface area contributed by atoms with Crippen molar-refractivity contribution in [2.45, 2.75) is 65.0 Å². The average Bonchev–Trinajstić information content (AvgIpc) is 3.48. The van der Waals surface area contributed by atoms with Gasteiger partial charge in [-0.25, -0.2) is 4.79 Å². The van der Waals surface area contributed by atoms with Gasteiger partial charge in [-0.15, -0.1) is 21.1 Å². The van der Waals surface area contributed by atoms with E-state index in [0.29, 0.717) is 24.5 Å². The Kier molecular flexibility index (Phi) is 10.8. The molecule has 2 aromatic rings. The molecule has 2 atom stereocenters. The van der Waals surface area contributed by atoms with Gasteiger partial charge < -0.3 is 33.5 Å². The fraction of sp³-hybridized carbons (Fsp3) is 0.556. The van der Waals surface area contributed by atoms with Crippen molar-refractivity contribution in [3.63, 3.8) is 0 Å². The Labute approximate surface area is 260 Å². The summed E-state index contributed by atoms with van der Waals surface area (Å²) in [4.78, 5) is 50.3. The van der Waals surface area contributed by atoms with Crippen molar-refractivity contribution >= 4 is 63.4 Å². The smallest absolute Gasteiger partial charge is 0.319 e. The Morgan fingerprint density at radius 3 is 2.65 bits per heavy atom. The minimum atomic E-state index is -0.629. The van der Waals surface area contributed by atoms with Crippen LogP contribution < -0.4 is 26.4 Å². The number of fused-ring (bicyclic) bond motifs is 1. The third kappa shape index (κ3) is 7.47. The van der Waals surface area contributed by atoms with Crippen molar-refractivity contribution in [3.8, 4) is 0 Å². The number of anilines is 3. The maximum Gasteiger partial charge on any atom is 0.319 e. The first-order chi connectivity index (χ1) is 19.8. The number of urea groups is 1. The highest BCUT2D eigenvalue weighted by molar-refractivity contribution is 8.00. The standard InChI is InChI=1S/C26H38N10O4S2.CH3/c1-8-9-29-25(39)30-17-12-35(34(7)21(17)28-6)11-15-13-41-23-16(22(38)36(23)14(15)2)10-18(37)19(32-40-26(3,4)5)20-31-24(27)42-33-20;/h12,16,23H,8-11,13H2,1-7H3,(H4,27,29,30,31,33,39);1H3/q;-1/p+1/b32-19+;/t16-,23-;/m1./s1. The number of hydrogen-bond acceptors (Lipinski definition) is 11. The molecule has 2 aliphatic heterocycles. The largest absolute Gasteiger partial charge is 0.389 e. The van der Waals surface area contributed by atoms with Crippen LogP contribution in [0, 0.1) is 13.3 Å². The molecule has 1 saturated heterocycles. The van der Waals surface area contributed by atoms with Gasteiger partial charge in [0.2, 0.25) is 17.9 Å². The molecule has 5 N–H and O–H groups in total. The average molecular weight is 635 g/mol. The van der Waals surface area contributed by atoms with Crippen LogP contribution in [0.2, 0.25) is 0 Å². The van der Waals surface area contributed by atoms with Crippen molar-refractivity contribution in [2.24, 2.45) is 18.1 Å². The summed E-state index contributed by atoms with van der Waals surface area (Å²) in [6.07, 6.45) is 2.68. The number of nitrogen functional groups attached to an aromatic ring is 1. The van der Waals surface area contributed by atoms with Crippen molar-refractivity contribution in [1.82, 2.24) is 24.3 Å². The van der Waals surface area contributed by atoms with Crippen LogP contribution in [0.4, 0.5) is 21.4 Å². The molecule has 0 aliphatic carbocycles. The van der Waals surface area contributed by atoms with E-state index in [9.17, 15) is 14.4 Å². The SMILES string of the molecule is CCCNC(=O)Nc1c[n+](CC2=C(C)N3C(=O)[C@@H](CC(=O)/C(=N\OC(C)(C)C)c4nsc(N)n4)[C@H]3SC2)n(C)c1NC.[CH3-]. The lowest BCUT2D eigenvalue weighted by molar-refractivity contribution is -0.765. The number of ketones is 1. The molecule has 16 heteroatoms. The molecule has 0 aromatic carbocycles. The number of carbonyl (C=O) groups excluding carboxylic acids is 3. The number of carbonyl (C=O) groups is 3. The van der Waals surface area contributed by atoms with E-state index in [2.05, 4.69) is 30.5 Å². The van der Waals surface area contributed by atoms with Gasteiger partial charge in [-0.3, -0.25) is 14.9 Å². The van der Waals surface area contributed by atoms with Crippen molar-refractivity contribution in [2.75, 3.05) is 35.7 Å². The number of nitrogens with two attached hydrogens (primary N) is 1. The van der Waals surface area contributed by atoms with Crippen LogP contribution in [0.5, 0.6) is 0 Å². The molecule has 43 heavy (non-hydrogen) atoms. The van der Waals surface area contributed by atoms with Crippen LogP contribution in [-0.4, -0.2) is 72.7 Å². The molecule has 0 bridgehead atoms. The quantitative estimate of drug-likeness (QED) is 0.0953. The minimum Gasteiger partial charge on any atom is -0.389 e. The lowest BCUT2D eigenvalue weighted by Gasteiger charge is -2.49. The Balaban J connectivity index is 0.00000506. The van der Waals surface area contributed by atoms with Gasteiger partial charge in [-0.1, -0.05) is 12.1 Å². The lowest BCUT2D eigenvalue weighted by Crippen LogP contribution is -2.61. The molecule has 0 radical (unpaired) electrons. The molecule has 0 spiro atoms. The van der Waals surface area contributed by atoms with E-state index in [0.717, 1.165) is 35.0 Å². The third-order valence-corrected chi connectivity index (χ3v) is 8.74. The summed E-state index contributed by atoms with van der Waals surface area (Å²) in [7, 11) is 3.70. The Morgan fingerprint density at radius 1 is 1.33 bits per heavy atom. The van der Waals surface area contributed by atoms with Gasteiger partial charge in [0.1, 0.15) is 5.60 Å². The van der Waals surface area contributed by atoms with Crippen LogP contribution in [0.3, 0.4) is 0 Å². The van der Waals surface area contributed by atoms with E-state index in [4.69, 9.17) is 10.6 Å². The molecule has 4 heterocycles. The molecule has 1 fully saturated rings. The highest BCUT2D eigenvalue weighted by Crippen LogP contribution is 2.45. The highest BCUT2D eigenvalue weighted by Gasteiger charge is 2.52. The van der Waals surface area contributed by atoms with Crippen molar-refractivity contribution < 1.29 is 23.9 Å². The van der Waals surface area contributed by atoms with E-state index in [1.807, 2.05) is 57.2 Å². The summed E-state index contributed by atoms with van der Waals surface area (Å²) in [6, 6.07) is -0.267. The number of Topliss-reactive ketones (excluding diaryl/α,β-unsaturated/α-hetero) is 1. The maximum absolute atomic E-state index is 13.3. The first kappa shape index (κ1) is 33.8. The fourth-order valence-electron chi connectivity index (χ4n) is 4.65. The molecule has 2 aliphatic rings. The van der Waals surface area contributed by atoms with E-state index in [1.165, 1.54) is 0 Å². The maximum atomic E-state index is 13.3. The fourth-order valence-corrected chi connectivity index (χ4v) is 6.61. The summed E-state index contributed by atoms with van der Waals surface area (Å²) in [6.45, 7) is 10.5. The summed E-state index contributed by atoms with van der Waals surface area (Å²) in [5.41, 5.74) is 7.67. The molecule has 0 saturated carbocycles. The van der Waals surface area contributed by atoms with E-state index in [1.54, 1.807) is 23.7 Å². The van der Waals surface area contributed by atoms with E-state index in [-0.39, 0.29) is 53.6 Å². The summed E-state index contributed by atoms with van der Waals surface area (Å²) < 4.78 is 8.04. The molecule has 3 amide bonds. The molecular formula is C27H42N10O4S2. The number of aromatic nitrogens is 4. The van der Waals surface area contributed by atoms with Gasteiger partial charge in [0, 0.05) is 48.6 Å². The number of rotatable bonds is 11. The number of amides is 3. The second kappa shape index (κ2) is 13.8.